The van der Waals surface area contributed by atoms with E-state index >= 15 is 0 Å². The number of nitrogens with one attached hydrogen (secondary N) is 2. The van der Waals surface area contributed by atoms with E-state index in [1.165, 1.54) is 27.6 Å². The molecule has 0 saturated carbocycles. The van der Waals surface area contributed by atoms with Gasteiger partial charge in [-0.2, -0.15) is 0 Å². The lowest BCUT2D eigenvalue weighted by molar-refractivity contribution is -0.683. The Labute approximate surface area is 207 Å². The molecule has 0 atom stereocenters. The van der Waals surface area contributed by atoms with Crippen LogP contribution in [0.1, 0.15) is 0 Å². The maximum atomic E-state index is 12.3. The Balaban J connectivity index is 1.63. The molecule has 0 aliphatic rings. The fraction of sp³-hybridized carbons (Fsp3) is 0.105. The molecule has 0 aliphatic heterocycles. The summed E-state index contributed by atoms with van der Waals surface area (Å²) in [6, 6.07) is 2.56. The van der Waals surface area contributed by atoms with Crippen LogP contribution in [0.5, 0.6) is 11.5 Å². The molecule has 1 aromatic heterocycles. The van der Waals surface area contributed by atoms with Crippen molar-refractivity contribution in [1.29, 1.82) is 0 Å². The Morgan fingerprint density at radius 2 is 1.39 bits per heavy atom. The van der Waals surface area contributed by atoms with E-state index in [2.05, 4.69) is 10.6 Å². The lowest BCUT2D eigenvalue weighted by Gasteiger charge is -2.11. The summed E-state index contributed by atoms with van der Waals surface area (Å²) in [5.74, 6) is -1.80. The number of benzene rings is 2. The molecule has 8 N–H and O–H groups in total. The molecule has 174 valence electrons. The number of hydrogen-bond acceptors (Lipinski definition) is 6. The van der Waals surface area contributed by atoms with Gasteiger partial charge in [0, 0.05) is 0 Å². The number of carbonyl (C=O) groups excluding carboxylic acids is 2. The maximum Gasteiger partial charge on any atom is 0.266 e. The van der Waals surface area contributed by atoms with E-state index < -0.39 is 23.3 Å². The minimum atomic E-state index is -0.495. The van der Waals surface area contributed by atoms with Gasteiger partial charge in [0.1, 0.15) is 22.4 Å². The molecule has 0 spiro atoms. The highest BCUT2D eigenvalue weighted by molar-refractivity contribution is 6.41. The molecule has 10 nitrogen and oxygen atoms in total. The van der Waals surface area contributed by atoms with Gasteiger partial charge in [-0.25, -0.2) is 9.13 Å². The normalized spacial score (nSPS) is 10.8. The van der Waals surface area contributed by atoms with Crippen molar-refractivity contribution in [3.05, 3.63) is 50.9 Å². The molecule has 0 saturated heterocycles. The van der Waals surface area contributed by atoms with Crippen LogP contribution >= 0.6 is 46.4 Å². The Kier molecular flexibility index (Phi) is 7.33. The number of carbonyl (C=O) groups is 2. The summed E-state index contributed by atoms with van der Waals surface area (Å²) in [5, 5.41) is 24.8. The van der Waals surface area contributed by atoms with Crippen molar-refractivity contribution in [2.75, 3.05) is 22.1 Å². The molecular weight excluding hydrogens is 518 g/mol. The number of aromatic nitrogens is 2. The van der Waals surface area contributed by atoms with Crippen LogP contribution in [-0.2, 0) is 22.7 Å². The van der Waals surface area contributed by atoms with Crippen molar-refractivity contribution in [2.45, 2.75) is 13.1 Å². The molecule has 2 amide bonds. The third kappa shape index (κ3) is 5.48. The average molecular weight is 535 g/mol. The number of halogens is 4. The minimum Gasteiger partial charge on any atom is -0.504 e. The summed E-state index contributed by atoms with van der Waals surface area (Å²) in [5.41, 5.74) is 11.2. The summed E-state index contributed by atoms with van der Waals surface area (Å²) in [6.45, 7) is -0.282. The molecule has 2 aromatic carbocycles. The monoisotopic (exact) mass is 533 g/mol. The van der Waals surface area contributed by atoms with E-state index in [-0.39, 0.29) is 55.9 Å². The van der Waals surface area contributed by atoms with E-state index in [4.69, 9.17) is 57.9 Å². The lowest BCUT2D eigenvalue weighted by Crippen LogP contribution is -2.38. The predicted octanol–water partition coefficient (Wildman–Crippen LogP) is 3.24. The van der Waals surface area contributed by atoms with Crippen LogP contribution in [0.3, 0.4) is 0 Å². The third-order valence-electron chi connectivity index (χ3n) is 4.40. The van der Waals surface area contributed by atoms with Crippen LogP contribution in [0.15, 0.2) is 30.9 Å². The zero-order valence-corrected chi connectivity index (χ0v) is 19.6. The van der Waals surface area contributed by atoms with Gasteiger partial charge in [0.05, 0.1) is 32.8 Å². The van der Waals surface area contributed by atoms with Crippen LogP contribution in [-0.4, -0.2) is 26.6 Å². The zero-order valence-electron chi connectivity index (χ0n) is 16.6. The van der Waals surface area contributed by atoms with Gasteiger partial charge in [0.25, 0.3) is 11.8 Å². The first-order chi connectivity index (χ1) is 15.5. The standard InChI is InChI=1S/C19H16Cl4N6O4/c20-8-3-10(18(32)14(22)16(8)24)26-12(30)5-28-1-2-29(7-28)6-13(31)27-11-4-9(21)17(25)15(23)19(11)33/h1-4,7H,5-6,24-25H2,(H3-,26,27,30,31,32,33)/p+1. The number of imidazole rings is 1. The lowest BCUT2D eigenvalue weighted by atomic mass is 10.2. The first-order valence-electron chi connectivity index (χ1n) is 9.05. The molecule has 14 heteroatoms. The van der Waals surface area contributed by atoms with Gasteiger partial charge in [-0.3, -0.25) is 9.59 Å². The molecule has 1 heterocycles. The highest BCUT2D eigenvalue weighted by atomic mass is 35.5. The SMILES string of the molecule is Nc1c(Cl)cc(NC(=O)Cn2cc[n+](CC(=O)Nc3cc(Cl)c(N)c(Cl)c3O)c2)c(O)c1Cl. The number of hydrogen-bond donors (Lipinski definition) is 6. The second-order valence-electron chi connectivity index (χ2n) is 6.82. The van der Waals surface area contributed by atoms with E-state index in [1.807, 2.05) is 0 Å². The Bertz CT molecular complexity index is 1170. The average Bonchev–Trinajstić information content (AvgIpc) is 3.18. The van der Waals surface area contributed by atoms with Gasteiger partial charge in [-0.05, 0) is 12.1 Å². The number of amides is 2. The number of rotatable bonds is 6. The van der Waals surface area contributed by atoms with E-state index in [1.54, 1.807) is 12.4 Å². The number of nitrogen functional groups attached to an aromatic ring is 2. The fourth-order valence-corrected chi connectivity index (χ4v) is 3.69. The van der Waals surface area contributed by atoms with Gasteiger partial charge >= 0.3 is 0 Å². The first-order valence-corrected chi connectivity index (χ1v) is 10.6. The summed E-state index contributed by atoms with van der Waals surface area (Å²) in [4.78, 5) is 24.7. The largest absolute Gasteiger partial charge is 0.504 e. The third-order valence-corrected chi connectivity index (χ3v) is 5.79. The Morgan fingerprint density at radius 1 is 0.909 bits per heavy atom. The number of nitrogens with two attached hydrogens (primary N) is 2. The molecule has 0 unspecified atom stereocenters. The molecular formula is C19H17Cl4N6O4+. The van der Waals surface area contributed by atoms with Gasteiger partial charge in [0.15, 0.2) is 24.6 Å². The van der Waals surface area contributed by atoms with Gasteiger partial charge < -0.3 is 32.3 Å². The Hall–Kier alpha value is -3.05. The minimum absolute atomic E-state index is 0.00392. The quantitative estimate of drug-likeness (QED) is 0.162. The van der Waals surface area contributed by atoms with Crippen LogP contribution in [0.25, 0.3) is 0 Å². The Morgan fingerprint density at radius 3 is 1.91 bits per heavy atom. The summed E-state index contributed by atoms with van der Waals surface area (Å²) >= 11 is 23.6. The van der Waals surface area contributed by atoms with Crippen molar-refractivity contribution in [1.82, 2.24) is 4.57 Å². The number of aromatic hydroxyl groups is 2. The van der Waals surface area contributed by atoms with Crippen molar-refractivity contribution in [2.24, 2.45) is 0 Å². The summed E-state index contributed by atoms with van der Waals surface area (Å²) < 4.78 is 2.99. The topological polar surface area (TPSA) is 160 Å². The molecule has 0 radical (unpaired) electrons. The molecule has 33 heavy (non-hydrogen) atoms. The highest BCUT2D eigenvalue weighted by Crippen LogP contribution is 2.42. The summed E-state index contributed by atoms with van der Waals surface area (Å²) in [6.07, 6.45) is 4.62. The van der Waals surface area contributed by atoms with E-state index in [9.17, 15) is 19.8 Å². The molecule has 0 bridgehead atoms. The first kappa shape index (κ1) is 24.6. The number of anilines is 4. The molecule has 0 aliphatic carbocycles. The van der Waals surface area contributed by atoms with E-state index in [0.29, 0.717) is 0 Å². The van der Waals surface area contributed by atoms with Crippen LogP contribution in [0.2, 0.25) is 20.1 Å². The van der Waals surface area contributed by atoms with Crippen molar-refractivity contribution >= 4 is 81.0 Å². The second kappa shape index (κ2) is 9.84. The molecule has 3 rings (SSSR count). The van der Waals surface area contributed by atoms with E-state index in [0.717, 1.165) is 0 Å². The van der Waals surface area contributed by atoms with Gasteiger partial charge in [0.2, 0.25) is 6.33 Å². The van der Waals surface area contributed by atoms with Crippen molar-refractivity contribution < 1.29 is 24.4 Å². The van der Waals surface area contributed by atoms with Crippen molar-refractivity contribution in [3.63, 3.8) is 0 Å². The van der Waals surface area contributed by atoms with Gasteiger partial charge in [-0.1, -0.05) is 46.4 Å². The molecule has 3 aromatic rings. The highest BCUT2D eigenvalue weighted by Gasteiger charge is 2.19. The predicted molar refractivity (Wildman–Crippen MR) is 127 cm³/mol. The summed E-state index contributed by atoms with van der Waals surface area (Å²) in [7, 11) is 0. The fourth-order valence-electron chi connectivity index (χ4n) is 2.77. The van der Waals surface area contributed by atoms with Crippen LogP contribution in [0.4, 0.5) is 22.7 Å². The second-order valence-corrected chi connectivity index (χ2v) is 8.39. The van der Waals surface area contributed by atoms with Gasteiger partial charge in [-0.15, -0.1) is 0 Å². The van der Waals surface area contributed by atoms with Crippen LogP contribution < -0.4 is 26.7 Å². The number of phenolic OH excluding ortho intramolecular Hbond substituents is 2. The van der Waals surface area contributed by atoms with Crippen LogP contribution in [0, 0.1) is 0 Å². The number of phenols is 2. The molecule has 0 fully saturated rings. The maximum absolute atomic E-state index is 12.3. The zero-order chi connectivity index (χ0) is 24.4. The smallest absolute Gasteiger partial charge is 0.266 e. The van der Waals surface area contributed by atoms with Crippen molar-refractivity contribution in [3.8, 4) is 11.5 Å². The number of nitrogens with zero attached hydrogens (tertiary/aromatic N) is 2.